The number of carbonyl (C=O) groups excluding carboxylic acids is 2. The van der Waals surface area contributed by atoms with Crippen LogP contribution in [-0.2, 0) is 23.8 Å². The van der Waals surface area contributed by atoms with E-state index in [1.165, 1.54) is 135 Å². The monoisotopic (exact) mass is 945 g/mol. The third-order valence-corrected chi connectivity index (χ3v) is 12.0. The molecule has 0 aliphatic heterocycles. The zero-order chi connectivity index (χ0) is 49.2. The van der Waals surface area contributed by atoms with Gasteiger partial charge in [0.1, 0.15) is 6.61 Å². The van der Waals surface area contributed by atoms with Gasteiger partial charge in [-0.05, 0) is 122 Å². The summed E-state index contributed by atoms with van der Waals surface area (Å²) in [5.74, 6) is -0.431. The van der Waals surface area contributed by atoms with E-state index in [0.29, 0.717) is 19.4 Å². The predicted octanol–water partition coefficient (Wildman–Crippen LogP) is 19.8. The summed E-state index contributed by atoms with van der Waals surface area (Å²) < 4.78 is 17.4. The maximum Gasteiger partial charge on any atom is 0.306 e. The van der Waals surface area contributed by atoms with Crippen LogP contribution in [0.15, 0.2) is 97.2 Å². The summed E-state index contributed by atoms with van der Waals surface area (Å²) in [5, 5.41) is 0. The van der Waals surface area contributed by atoms with Crippen molar-refractivity contribution < 1.29 is 23.8 Å². The summed E-state index contributed by atoms with van der Waals surface area (Å²) in [6.07, 6.45) is 78.4. The second-order valence-corrected chi connectivity index (χ2v) is 18.8. The maximum absolute atomic E-state index is 12.9. The van der Waals surface area contributed by atoms with Crippen LogP contribution in [0, 0.1) is 0 Å². The van der Waals surface area contributed by atoms with Crippen molar-refractivity contribution in [3.8, 4) is 0 Å². The molecular weight excluding hydrogens is 837 g/mol. The Balaban J connectivity index is 4.34. The molecule has 0 aromatic carbocycles. The third kappa shape index (κ3) is 55.4. The van der Waals surface area contributed by atoms with E-state index in [9.17, 15) is 9.59 Å². The highest BCUT2D eigenvalue weighted by molar-refractivity contribution is 5.70. The highest BCUT2D eigenvalue weighted by atomic mass is 16.6. The SMILES string of the molecule is CCC/C=C\C/C=C\CCCCCCCCOCC(COC(=O)CCCCCCCC/C=C\C/C=C\C/C=C\CCCCC)OC(=O)CCCCCCCC/C=C\C/C=C\C/C=C\CCCCC. The molecule has 1 atom stereocenters. The van der Waals surface area contributed by atoms with Gasteiger partial charge in [-0.15, -0.1) is 0 Å². The summed E-state index contributed by atoms with van der Waals surface area (Å²) in [6, 6.07) is 0. The quantitative estimate of drug-likeness (QED) is 0.0345. The summed E-state index contributed by atoms with van der Waals surface area (Å²) >= 11 is 0. The van der Waals surface area contributed by atoms with E-state index in [1.54, 1.807) is 0 Å². The average molecular weight is 946 g/mol. The second kappa shape index (κ2) is 58.1. The van der Waals surface area contributed by atoms with Crippen molar-refractivity contribution in [3.63, 3.8) is 0 Å². The molecule has 0 fully saturated rings. The number of hydrogen-bond acceptors (Lipinski definition) is 5. The van der Waals surface area contributed by atoms with Crippen molar-refractivity contribution in [1.29, 1.82) is 0 Å². The molecule has 0 aromatic heterocycles. The van der Waals surface area contributed by atoms with E-state index < -0.39 is 6.10 Å². The average Bonchev–Trinajstić information content (AvgIpc) is 3.34. The first kappa shape index (κ1) is 64.8. The molecule has 5 nitrogen and oxygen atoms in total. The fourth-order valence-corrected chi connectivity index (χ4v) is 7.74. The molecule has 68 heavy (non-hydrogen) atoms. The zero-order valence-electron chi connectivity index (χ0n) is 44.8. The molecule has 0 aromatic rings. The molecular formula is C63H108O5. The summed E-state index contributed by atoms with van der Waals surface area (Å²) in [5.41, 5.74) is 0. The molecule has 0 N–H and O–H groups in total. The van der Waals surface area contributed by atoms with Crippen LogP contribution in [0.3, 0.4) is 0 Å². The highest BCUT2D eigenvalue weighted by Gasteiger charge is 2.17. The van der Waals surface area contributed by atoms with E-state index >= 15 is 0 Å². The third-order valence-electron chi connectivity index (χ3n) is 12.0. The van der Waals surface area contributed by atoms with Gasteiger partial charge in [0, 0.05) is 19.4 Å². The first-order valence-corrected chi connectivity index (χ1v) is 28.8. The molecule has 0 aliphatic rings. The molecule has 0 spiro atoms. The number of rotatable bonds is 52. The Morgan fingerprint density at radius 3 is 1.04 bits per heavy atom. The fraction of sp³-hybridized carbons (Fsp3) is 0.714. The van der Waals surface area contributed by atoms with Crippen molar-refractivity contribution in [3.05, 3.63) is 97.2 Å². The minimum atomic E-state index is -0.560. The van der Waals surface area contributed by atoms with Crippen molar-refractivity contribution >= 4 is 11.9 Å². The lowest BCUT2D eigenvalue weighted by atomic mass is 10.1. The number of hydrogen-bond donors (Lipinski definition) is 0. The standard InChI is InChI=1S/C63H108O5/c1-4-7-10-13-16-19-22-25-28-30-32-34-36-38-41-44-47-50-53-56-62(64)67-60-61(59-66-58-55-52-49-46-43-40-27-24-21-18-15-12-9-6-3)68-63(65)57-54-51-48-45-42-39-37-35-33-31-29-26-23-20-17-14-11-8-5-2/h12,15-17,19-21,24-26,28-29,32-35,61H,4-11,13-14,18,22-23,27,30-31,36-60H2,1-3H3/b15-12-,19-16-,20-17-,24-21-,28-25-,29-26-,34-32-,35-33-. The van der Waals surface area contributed by atoms with Gasteiger partial charge in [0.15, 0.2) is 6.10 Å². The van der Waals surface area contributed by atoms with Gasteiger partial charge in [0.25, 0.3) is 0 Å². The van der Waals surface area contributed by atoms with Crippen LogP contribution in [0.5, 0.6) is 0 Å². The van der Waals surface area contributed by atoms with Crippen molar-refractivity contribution in [2.75, 3.05) is 19.8 Å². The largest absolute Gasteiger partial charge is 0.462 e. The van der Waals surface area contributed by atoms with Gasteiger partial charge in [-0.1, -0.05) is 227 Å². The number of esters is 2. The number of allylic oxidation sites excluding steroid dienone is 16. The second-order valence-electron chi connectivity index (χ2n) is 18.8. The van der Waals surface area contributed by atoms with Crippen LogP contribution in [0.4, 0.5) is 0 Å². The van der Waals surface area contributed by atoms with Crippen LogP contribution in [0.1, 0.15) is 265 Å². The maximum atomic E-state index is 12.9. The van der Waals surface area contributed by atoms with Gasteiger partial charge in [0.2, 0.25) is 0 Å². The van der Waals surface area contributed by atoms with Crippen molar-refractivity contribution in [2.24, 2.45) is 0 Å². The van der Waals surface area contributed by atoms with Gasteiger partial charge in [-0.25, -0.2) is 0 Å². The van der Waals surface area contributed by atoms with E-state index in [2.05, 4.69) is 118 Å². The topological polar surface area (TPSA) is 61.8 Å². The van der Waals surface area contributed by atoms with Crippen LogP contribution < -0.4 is 0 Å². The van der Waals surface area contributed by atoms with Crippen molar-refractivity contribution in [2.45, 2.75) is 271 Å². The predicted molar refractivity (Wildman–Crippen MR) is 297 cm³/mol. The normalized spacial score (nSPS) is 12.9. The molecule has 0 heterocycles. The van der Waals surface area contributed by atoms with Crippen LogP contribution in [0.25, 0.3) is 0 Å². The molecule has 0 radical (unpaired) electrons. The molecule has 1 unspecified atom stereocenters. The molecule has 5 heteroatoms. The number of unbranched alkanes of at least 4 members (excludes halogenated alkanes) is 25. The first-order valence-electron chi connectivity index (χ1n) is 28.8. The van der Waals surface area contributed by atoms with E-state index in [-0.39, 0.29) is 25.2 Å². The molecule has 0 saturated heterocycles. The minimum absolute atomic E-state index is 0.0643. The molecule has 390 valence electrons. The van der Waals surface area contributed by atoms with Gasteiger partial charge in [-0.2, -0.15) is 0 Å². The van der Waals surface area contributed by atoms with Crippen LogP contribution >= 0.6 is 0 Å². The van der Waals surface area contributed by atoms with Gasteiger partial charge < -0.3 is 14.2 Å². The van der Waals surface area contributed by atoms with Gasteiger partial charge in [-0.3, -0.25) is 9.59 Å². The summed E-state index contributed by atoms with van der Waals surface area (Å²) in [4.78, 5) is 25.5. The Morgan fingerprint density at radius 1 is 0.324 bits per heavy atom. The highest BCUT2D eigenvalue weighted by Crippen LogP contribution is 2.14. The lowest BCUT2D eigenvalue weighted by Crippen LogP contribution is -2.30. The van der Waals surface area contributed by atoms with Gasteiger partial charge in [0.05, 0.1) is 6.61 Å². The summed E-state index contributed by atoms with van der Waals surface area (Å²) in [7, 11) is 0. The zero-order valence-corrected chi connectivity index (χ0v) is 44.8. The lowest BCUT2D eigenvalue weighted by molar-refractivity contribution is -0.163. The minimum Gasteiger partial charge on any atom is -0.462 e. The lowest BCUT2D eigenvalue weighted by Gasteiger charge is -2.18. The van der Waals surface area contributed by atoms with Crippen LogP contribution in [-0.4, -0.2) is 37.9 Å². The molecule has 0 aliphatic carbocycles. The first-order chi connectivity index (χ1) is 33.6. The molecule has 0 rings (SSSR count). The molecule has 0 amide bonds. The Hall–Kier alpha value is -3.18. The van der Waals surface area contributed by atoms with E-state index in [1.807, 2.05) is 0 Å². The van der Waals surface area contributed by atoms with Gasteiger partial charge >= 0.3 is 11.9 Å². The molecule has 0 saturated carbocycles. The summed E-state index contributed by atoms with van der Waals surface area (Å²) in [6.45, 7) is 7.67. The van der Waals surface area contributed by atoms with Crippen LogP contribution in [0.2, 0.25) is 0 Å². The Morgan fingerprint density at radius 2 is 0.647 bits per heavy atom. The Labute approximate surface area is 422 Å². The van der Waals surface area contributed by atoms with E-state index in [4.69, 9.17) is 14.2 Å². The van der Waals surface area contributed by atoms with Crippen molar-refractivity contribution in [1.82, 2.24) is 0 Å². The smallest absolute Gasteiger partial charge is 0.306 e. The fourth-order valence-electron chi connectivity index (χ4n) is 7.74. The number of ether oxygens (including phenoxy) is 3. The molecule has 0 bridgehead atoms. The Bertz CT molecular complexity index is 1300. The van der Waals surface area contributed by atoms with E-state index in [0.717, 1.165) is 96.3 Å². The number of carbonyl (C=O) groups is 2. The Kier molecular flexibility index (Phi) is 55.4.